The summed E-state index contributed by atoms with van der Waals surface area (Å²) in [6.45, 7) is 4.89. The minimum atomic E-state index is -0.844. The molecule has 0 rings (SSSR count). The molecular weight excluding hydrogens is 851 g/mol. The molecule has 406 valence electrons. The van der Waals surface area contributed by atoms with Crippen LogP contribution in [0, 0.1) is 0 Å². The normalized spacial score (nSPS) is 12.8. The van der Waals surface area contributed by atoms with Gasteiger partial charge in [-0.2, -0.15) is 0 Å². The van der Waals surface area contributed by atoms with E-state index in [-0.39, 0.29) is 18.5 Å². The highest BCUT2D eigenvalue weighted by molar-refractivity contribution is 5.76. The number of aliphatic hydroxyl groups excluding tert-OH is 2. The second-order valence-corrected chi connectivity index (χ2v) is 21.0. The number of amides is 1. The van der Waals surface area contributed by atoms with Crippen LogP contribution in [-0.4, -0.2) is 47.4 Å². The maximum absolute atomic E-state index is 12.4. The number of hydrogen-bond acceptors (Lipinski definition) is 5. The largest absolute Gasteiger partial charge is 0.466 e. The number of carbonyl (C=O) groups is 2. The Morgan fingerprint density at radius 2 is 0.681 bits per heavy atom. The highest BCUT2D eigenvalue weighted by Crippen LogP contribution is 2.16. The summed E-state index contributed by atoms with van der Waals surface area (Å²) >= 11 is 0. The summed E-state index contributed by atoms with van der Waals surface area (Å²) < 4.78 is 5.49. The second-order valence-electron chi connectivity index (χ2n) is 21.0. The van der Waals surface area contributed by atoms with Gasteiger partial charge in [0.2, 0.25) is 5.91 Å². The van der Waals surface area contributed by atoms with Crippen molar-refractivity contribution in [1.29, 1.82) is 0 Å². The van der Waals surface area contributed by atoms with E-state index in [4.69, 9.17) is 4.74 Å². The van der Waals surface area contributed by atoms with Crippen LogP contribution in [0.2, 0.25) is 0 Å². The van der Waals surface area contributed by atoms with E-state index in [9.17, 15) is 19.8 Å². The Morgan fingerprint density at radius 1 is 0.391 bits per heavy atom. The predicted octanol–water partition coefficient (Wildman–Crippen LogP) is 19.2. The molecule has 6 nitrogen and oxygen atoms in total. The number of allylic oxidation sites excluding steroid dienone is 5. The summed E-state index contributed by atoms with van der Waals surface area (Å²) in [6, 6.07) is -0.628. The van der Waals surface area contributed by atoms with Gasteiger partial charge >= 0.3 is 5.97 Å². The van der Waals surface area contributed by atoms with E-state index in [1.165, 1.54) is 257 Å². The molecule has 6 heteroatoms. The monoisotopic (exact) mass is 970 g/mol. The van der Waals surface area contributed by atoms with E-state index in [1.807, 2.05) is 6.08 Å². The van der Waals surface area contributed by atoms with Crippen molar-refractivity contribution in [1.82, 2.24) is 5.32 Å². The van der Waals surface area contributed by atoms with E-state index in [1.54, 1.807) is 6.08 Å². The topological polar surface area (TPSA) is 95.9 Å². The quantitative estimate of drug-likeness (QED) is 0.0321. The van der Waals surface area contributed by atoms with Gasteiger partial charge in [-0.15, -0.1) is 0 Å². The van der Waals surface area contributed by atoms with Gasteiger partial charge in [0.15, 0.2) is 0 Å². The maximum Gasteiger partial charge on any atom is 0.305 e. The number of hydrogen-bond donors (Lipinski definition) is 3. The van der Waals surface area contributed by atoms with Crippen molar-refractivity contribution in [3.8, 4) is 0 Å². The van der Waals surface area contributed by atoms with Crippen LogP contribution in [0.5, 0.6) is 0 Å². The van der Waals surface area contributed by atoms with Gasteiger partial charge in [-0.3, -0.25) is 9.59 Å². The van der Waals surface area contributed by atoms with Gasteiger partial charge in [0.05, 0.1) is 25.4 Å². The molecule has 1 amide bonds. The summed E-state index contributed by atoms with van der Waals surface area (Å²) in [5.74, 6) is -0.0633. The summed E-state index contributed by atoms with van der Waals surface area (Å²) in [5, 5.41) is 23.0. The first-order valence-electron chi connectivity index (χ1n) is 30.8. The number of unbranched alkanes of at least 4 members (excludes halogenated alkanes) is 42. The van der Waals surface area contributed by atoms with Crippen molar-refractivity contribution in [3.05, 3.63) is 36.5 Å². The summed E-state index contributed by atoms with van der Waals surface area (Å²) in [7, 11) is 0. The number of rotatable bonds is 57. The molecule has 0 saturated carbocycles. The third-order valence-corrected chi connectivity index (χ3v) is 14.1. The number of ether oxygens (including phenoxy) is 1. The lowest BCUT2D eigenvalue weighted by atomic mass is 10.0. The Labute approximate surface area is 430 Å². The fourth-order valence-corrected chi connectivity index (χ4v) is 9.39. The van der Waals surface area contributed by atoms with Gasteiger partial charge < -0.3 is 20.3 Å². The molecule has 0 spiro atoms. The summed E-state index contributed by atoms with van der Waals surface area (Å²) in [5.41, 5.74) is 0. The van der Waals surface area contributed by atoms with E-state index in [2.05, 4.69) is 43.5 Å². The second kappa shape index (κ2) is 58.6. The van der Waals surface area contributed by atoms with Gasteiger partial charge in [-0.1, -0.05) is 269 Å². The lowest BCUT2D eigenvalue weighted by Crippen LogP contribution is -2.45. The predicted molar refractivity (Wildman–Crippen MR) is 301 cm³/mol. The SMILES string of the molecule is CCCCCCCC/C=C\CCCCCCCCCC(=O)OCCCCCCCCCCCCCC/C=C\CCCCCCCCCCCC(=O)NC(CO)C(O)/C=C/CCCCCCCCCC. The van der Waals surface area contributed by atoms with Crippen molar-refractivity contribution >= 4 is 11.9 Å². The number of nitrogens with one attached hydrogen (secondary N) is 1. The fraction of sp³-hybridized carbons (Fsp3) is 0.873. The average Bonchev–Trinajstić information content (AvgIpc) is 3.35. The molecule has 0 saturated heterocycles. The molecule has 0 aromatic carbocycles. The molecule has 0 radical (unpaired) electrons. The highest BCUT2D eigenvalue weighted by Gasteiger charge is 2.18. The first-order chi connectivity index (χ1) is 34.0. The molecule has 0 fully saturated rings. The Balaban J connectivity index is 3.38. The van der Waals surface area contributed by atoms with Crippen molar-refractivity contribution in [2.45, 2.75) is 341 Å². The van der Waals surface area contributed by atoms with Crippen LogP contribution >= 0.6 is 0 Å². The van der Waals surface area contributed by atoms with Crippen LogP contribution in [-0.2, 0) is 14.3 Å². The molecule has 0 heterocycles. The van der Waals surface area contributed by atoms with E-state index in [0.717, 1.165) is 44.9 Å². The molecule has 0 aliphatic heterocycles. The van der Waals surface area contributed by atoms with Crippen LogP contribution < -0.4 is 5.32 Å². The zero-order chi connectivity index (χ0) is 50.0. The molecule has 0 aromatic rings. The highest BCUT2D eigenvalue weighted by atomic mass is 16.5. The van der Waals surface area contributed by atoms with Crippen LogP contribution in [0.1, 0.15) is 328 Å². The van der Waals surface area contributed by atoms with Crippen LogP contribution in [0.4, 0.5) is 0 Å². The van der Waals surface area contributed by atoms with Gasteiger partial charge in [-0.05, 0) is 83.5 Å². The van der Waals surface area contributed by atoms with E-state index >= 15 is 0 Å². The van der Waals surface area contributed by atoms with E-state index < -0.39 is 12.1 Å². The van der Waals surface area contributed by atoms with Crippen molar-refractivity contribution < 1.29 is 24.5 Å². The Hall–Kier alpha value is -1.92. The smallest absolute Gasteiger partial charge is 0.305 e. The molecule has 0 aliphatic carbocycles. The Bertz CT molecular complexity index is 1120. The minimum Gasteiger partial charge on any atom is -0.466 e. The molecule has 0 aliphatic rings. The van der Waals surface area contributed by atoms with Crippen LogP contribution in [0.3, 0.4) is 0 Å². The Morgan fingerprint density at radius 3 is 1.03 bits per heavy atom. The van der Waals surface area contributed by atoms with Crippen molar-refractivity contribution in [2.24, 2.45) is 0 Å². The Kier molecular flexibility index (Phi) is 57.0. The molecule has 2 unspecified atom stereocenters. The first-order valence-corrected chi connectivity index (χ1v) is 30.8. The number of carbonyl (C=O) groups excluding carboxylic acids is 2. The van der Waals surface area contributed by atoms with Crippen molar-refractivity contribution in [3.63, 3.8) is 0 Å². The number of esters is 1. The zero-order valence-electron chi connectivity index (χ0n) is 46.3. The maximum atomic E-state index is 12.4. The van der Waals surface area contributed by atoms with Crippen molar-refractivity contribution in [2.75, 3.05) is 13.2 Å². The standard InChI is InChI=1S/C63H119NO5/c1-3-5-7-9-11-13-15-16-17-27-31-34-37-41-45-49-53-57-63(68)69-58-54-50-46-42-38-35-32-29-26-24-22-20-18-19-21-23-25-28-30-33-36-40-44-48-52-56-62(67)64-60(59-65)61(66)55-51-47-43-39-14-12-10-8-6-4-2/h16-17,19,21,51,55,60-61,65-66H,3-15,18,20,22-50,52-54,56-59H2,1-2H3,(H,64,67)/b17-16-,21-19-,55-51+. The average molecular weight is 971 g/mol. The van der Waals surface area contributed by atoms with Gasteiger partial charge in [0.1, 0.15) is 0 Å². The zero-order valence-corrected chi connectivity index (χ0v) is 46.3. The molecule has 2 atom stereocenters. The molecule has 0 aromatic heterocycles. The van der Waals surface area contributed by atoms with Gasteiger partial charge in [0.25, 0.3) is 0 Å². The first kappa shape index (κ1) is 67.1. The third kappa shape index (κ3) is 55.2. The molecule has 3 N–H and O–H groups in total. The lowest BCUT2D eigenvalue weighted by molar-refractivity contribution is -0.143. The van der Waals surface area contributed by atoms with Crippen LogP contribution in [0.25, 0.3) is 0 Å². The van der Waals surface area contributed by atoms with E-state index in [0.29, 0.717) is 19.4 Å². The molecule has 69 heavy (non-hydrogen) atoms. The van der Waals surface area contributed by atoms with Crippen LogP contribution in [0.15, 0.2) is 36.5 Å². The number of aliphatic hydroxyl groups is 2. The molecule has 0 bridgehead atoms. The minimum absolute atomic E-state index is 0.00950. The fourth-order valence-electron chi connectivity index (χ4n) is 9.39. The van der Waals surface area contributed by atoms with Gasteiger partial charge in [0, 0.05) is 12.8 Å². The molecular formula is C63H119NO5. The lowest BCUT2D eigenvalue weighted by Gasteiger charge is -2.20. The summed E-state index contributed by atoms with van der Waals surface area (Å²) in [6.07, 6.45) is 73.4. The third-order valence-electron chi connectivity index (χ3n) is 14.1. The summed E-state index contributed by atoms with van der Waals surface area (Å²) in [4.78, 5) is 24.5. The van der Waals surface area contributed by atoms with Gasteiger partial charge in [-0.25, -0.2) is 0 Å².